The van der Waals surface area contributed by atoms with E-state index in [1.807, 2.05) is 18.2 Å². The van der Waals surface area contributed by atoms with Crippen molar-refractivity contribution in [3.05, 3.63) is 71.5 Å². The fraction of sp³-hybridized carbons (Fsp3) is 0.176. The van der Waals surface area contributed by atoms with Gasteiger partial charge in [0, 0.05) is 6.54 Å². The van der Waals surface area contributed by atoms with Crippen molar-refractivity contribution in [3.63, 3.8) is 0 Å². The van der Waals surface area contributed by atoms with Crippen LogP contribution in [0.4, 0.5) is 4.39 Å². The van der Waals surface area contributed by atoms with Gasteiger partial charge in [-0.3, -0.25) is 15.6 Å². The summed E-state index contributed by atoms with van der Waals surface area (Å²) >= 11 is 5.05. The van der Waals surface area contributed by atoms with Crippen LogP contribution in [0.3, 0.4) is 0 Å². The molecule has 0 atom stereocenters. The number of amides is 1. The number of rotatable bonds is 5. The van der Waals surface area contributed by atoms with Crippen LogP contribution in [0.2, 0.25) is 0 Å². The summed E-state index contributed by atoms with van der Waals surface area (Å²) in [5.74, 6) is -1.15. The van der Waals surface area contributed by atoms with Crippen LogP contribution >= 0.6 is 12.2 Å². The van der Waals surface area contributed by atoms with E-state index in [0.717, 1.165) is 12.8 Å². The molecule has 2 aromatic rings. The molecule has 0 spiro atoms. The van der Waals surface area contributed by atoms with Gasteiger partial charge in [0.05, 0.1) is 5.56 Å². The predicted octanol–water partition coefficient (Wildman–Crippen LogP) is 2.57. The van der Waals surface area contributed by atoms with Crippen LogP contribution in [-0.2, 0) is 6.42 Å². The molecule has 0 heterocycles. The maximum absolute atomic E-state index is 13.4. The van der Waals surface area contributed by atoms with E-state index < -0.39 is 11.7 Å². The Morgan fingerprint density at radius 1 is 1.00 bits per heavy atom. The minimum Gasteiger partial charge on any atom is -0.361 e. The Balaban J connectivity index is 1.65. The molecule has 120 valence electrons. The van der Waals surface area contributed by atoms with E-state index in [4.69, 9.17) is 12.2 Å². The summed E-state index contributed by atoms with van der Waals surface area (Å²) in [7, 11) is 0. The Labute approximate surface area is 140 Å². The molecule has 1 amide bonds. The molecule has 0 aromatic heterocycles. The van der Waals surface area contributed by atoms with Crippen molar-refractivity contribution in [2.24, 2.45) is 0 Å². The van der Waals surface area contributed by atoms with Crippen LogP contribution in [0.5, 0.6) is 0 Å². The molecule has 4 nitrogen and oxygen atoms in total. The fourth-order valence-electron chi connectivity index (χ4n) is 2.01. The van der Waals surface area contributed by atoms with Crippen molar-refractivity contribution in [2.45, 2.75) is 12.8 Å². The summed E-state index contributed by atoms with van der Waals surface area (Å²) in [4.78, 5) is 11.8. The first kappa shape index (κ1) is 16.9. The third-order valence-corrected chi connectivity index (χ3v) is 3.43. The zero-order chi connectivity index (χ0) is 16.5. The van der Waals surface area contributed by atoms with E-state index in [1.165, 1.54) is 23.8 Å². The number of nitrogens with one attached hydrogen (secondary N) is 3. The molecule has 6 heteroatoms. The lowest BCUT2D eigenvalue weighted by atomic mass is 10.1. The molecule has 0 unspecified atom stereocenters. The van der Waals surface area contributed by atoms with Gasteiger partial charge in [-0.25, -0.2) is 4.39 Å². The third-order valence-electron chi connectivity index (χ3n) is 3.18. The first-order valence-electron chi connectivity index (χ1n) is 7.29. The molecule has 0 fully saturated rings. The minimum absolute atomic E-state index is 0.0353. The average molecular weight is 331 g/mol. The molecule has 0 saturated carbocycles. The van der Waals surface area contributed by atoms with E-state index in [2.05, 4.69) is 28.3 Å². The molecule has 0 saturated heterocycles. The SMILES string of the molecule is O=C(NNC(=S)NCCCc1ccccc1)c1ccccc1F. The van der Waals surface area contributed by atoms with Crippen LogP contribution in [-0.4, -0.2) is 17.6 Å². The van der Waals surface area contributed by atoms with E-state index in [0.29, 0.717) is 11.7 Å². The van der Waals surface area contributed by atoms with Gasteiger partial charge in [-0.2, -0.15) is 0 Å². The highest BCUT2D eigenvalue weighted by Gasteiger charge is 2.10. The number of hydrogen-bond acceptors (Lipinski definition) is 2. The third kappa shape index (κ3) is 5.67. The van der Waals surface area contributed by atoms with Gasteiger partial charge in [0.1, 0.15) is 5.82 Å². The van der Waals surface area contributed by atoms with E-state index in [-0.39, 0.29) is 5.56 Å². The highest BCUT2D eigenvalue weighted by Crippen LogP contribution is 2.05. The number of aryl methyl sites for hydroxylation is 1. The number of thiocarbonyl (C=S) groups is 1. The van der Waals surface area contributed by atoms with Gasteiger partial charge in [0.15, 0.2) is 5.11 Å². The molecule has 0 aliphatic heterocycles. The van der Waals surface area contributed by atoms with Crippen LogP contribution in [0.1, 0.15) is 22.3 Å². The molecule has 3 N–H and O–H groups in total. The Bertz CT molecular complexity index is 664. The number of benzene rings is 2. The number of carbonyl (C=O) groups excluding carboxylic acids is 1. The Morgan fingerprint density at radius 3 is 2.43 bits per heavy atom. The topological polar surface area (TPSA) is 53.2 Å². The van der Waals surface area contributed by atoms with Crippen molar-refractivity contribution in [3.8, 4) is 0 Å². The van der Waals surface area contributed by atoms with Gasteiger partial charge < -0.3 is 5.32 Å². The molecule has 0 aliphatic carbocycles. The van der Waals surface area contributed by atoms with E-state index >= 15 is 0 Å². The van der Waals surface area contributed by atoms with Gasteiger partial charge in [0.25, 0.3) is 5.91 Å². The van der Waals surface area contributed by atoms with Gasteiger partial charge in [-0.05, 0) is 42.8 Å². The first-order chi connectivity index (χ1) is 11.2. The average Bonchev–Trinajstić information content (AvgIpc) is 2.58. The van der Waals surface area contributed by atoms with Crippen LogP contribution in [0, 0.1) is 5.82 Å². The maximum Gasteiger partial charge on any atom is 0.272 e. The summed E-state index contributed by atoms with van der Waals surface area (Å²) < 4.78 is 13.4. The lowest BCUT2D eigenvalue weighted by Gasteiger charge is -2.11. The van der Waals surface area contributed by atoms with Crippen molar-refractivity contribution in [1.82, 2.24) is 16.2 Å². The molecular formula is C17H18FN3OS. The lowest BCUT2D eigenvalue weighted by molar-refractivity contribution is 0.0939. The standard InChI is InChI=1S/C17H18FN3OS/c18-15-11-5-4-10-14(15)16(22)20-21-17(23)19-12-6-9-13-7-2-1-3-8-13/h1-5,7-8,10-11H,6,9,12H2,(H,20,22)(H2,19,21,23). The predicted molar refractivity (Wildman–Crippen MR) is 92.4 cm³/mol. The molecule has 0 bridgehead atoms. The molecule has 2 aromatic carbocycles. The molecule has 0 aliphatic rings. The maximum atomic E-state index is 13.4. The molecule has 0 radical (unpaired) electrons. The minimum atomic E-state index is -0.575. The summed E-state index contributed by atoms with van der Waals surface area (Å²) in [5, 5.41) is 3.28. The monoisotopic (exact) mass is 331 g/mol. The Hall–Kier alpha value is -2.47. The lowest BCUT2D eigenvalue weighted by Crippen LogP contribution is -2.47. The fourth-order valence-corrected chi connectivity index (χ4v) is 2.16. The second-order valence-corrected chi connectivity index (χ2v) is 5.31. The zero-order valence-electron chi connectivity index (χ0n) is 12.5. The molecule has 2 rings (SSSR count). The summed E-state index contributed by atoms with van der Waals surface area (Å²) in [5.41, 5.74) is 6.16. The second-order valence-electron chi connectivity index (χ2n) is 4.90. The highest BCUT2D eigenvalue weighted by molar-refractivity contribution is 7.80. The summed E-state index contributed by atoms with van der Waals surface area (Å²) in [6, 6.07) is 15.9. The van der Waals surface area contributed by atoms with Crippen molar-refractivity contribution >= 4 is 23.2 Å². The number of hydrazine groups is 1. The Morgan fingerprint density at radius 2 is 1.70 bits per heavy atom. The van der Waals surface area contributed by atoms with E-state index in [9.17, 15) is 9.18 Å². The van der Waals surface area contributed by atoms with Crippen LogP contribution in [0.15, 0.2) is 54.6 Å². The number of halogens is 1. The quantitative estimate of drug-likeness (QED) is 0.448. The van der Waals surface area contributed by atoms with Crippen molar-refractivity contribution in [2.75, 3.05) is 6.54 Å². The van der Waals surface area contributed by atoms with Gasteiger partial charge in [0.2, 0.25) is 0 Å². The van der Waals surface area contributed by atoms with Gasteiger partial charge in [-0.1, -0.05) is 42.5 Å². The van der Waals surface area contributed by atoms with Crippen molar-refractivity contribution in [1.29, 1.82) is 0 Å². The molecular weight excluding hydrogens is 313 g/mol. The van der Waals surface area contributed by atoms with Gasteiger partial charge >= 0.3 is 0 Å². The van der Waals surface area contributed by atoms with E-state index in [1.54, 1.807) is 6.07 Å². The normalized spacial score (nSPS) is 9.96. The Kier molecular flexibility index (Phi) is 6.50. The van der Waals surface area contributed by atoms with Crippen LogP contribution in [0.25, 0.3) is 0 Å². The van der Waals surface area contributed by atoms with Crippen LogP contribution < -0.4 is 16.2 Å². The smallest absolute Gasteiger partial charge is 0.272 e. The number of carbonyl (C=O) groups is 1. The second kappa shape index (κ2) is 8.85. The van der Waals surface area contributed by atoms with Gasteiger partial charge in [-0.15, -0.1) is 0 Å². The largest absolute Gasteiger partial charge is 0.361 e. The molecule has 23 heavy (non-hydrogen) atoms. The highest BCUT2D eigenvalue weighted by atomic mass is 32.1. The first-order valence-corrected chi connectivity index (χ1v) is 7.70. The van der Waals surface area contributed by atoms with Crippen molar-refractivity contribution < 1.29 is 9.18 Å². The summed E-state index contributed by atoms with van der Waals surface area (Å²) in [6.45, 7) is 0.677. The number of hydrogen-bond donors (Lipinski definition) is 3. The summed E-state index contributed by atoms with van der Waals surface area (Å²) in [6.07, 6.45) is 1.85. The zero-order valence-corrected chi connectivity index (χ0v) is 13.3.